The summed E-state index contributed by atoms with van der Waals surface area (Å²) in [4.78, 5) is 28.3. The Morgan fingerprint density at radius 3 is 2.33 bits per heavy atom. The minimum Gasteiger partial charge on any atom is -0.467 e. The largest absolute Gasteiger partial charge is 0.467 e. The molecule has 0 amide bonds. The summed E-state index contributed by atoms with van der Waals surface area (Å²) in [7, 11) is 0. The Morgan fingerprint density at radius 1 is 0.848 bits per heavy atom. The second-order valence-electron chi connectivity index (χ2n) is 7.93. The zero-order valence-corrected chi connectivity index (χ0v) is 18.5. The number of para-hydroxylation sites is 2. The van der Waals surface area contributed by atoms with E-state index >= 15 is 0 Å². The third-order valence-corrected chi connectivity index (χ3v) is 6.04. The second kappa shape index (κ2) is 7.56. The molecule has 6 aromatic rings. The van der Waals surface area contributed by atoms with Crippen LogP contribution < -0.4 is 5.56 Å². The molecule has 162 valence electrons. The highest BCUT2D eigenvalue weighted by atomic mass is 35.5. The predicted octanol–water partition coefficient (Wildman–Crippen LogP) is 4.95. The molecule has 0 aliphatic carbocycles. The number of aryl methyl sites for hydroxylation is 1. The molecule has 8 heteroatoms. The Balaban J connectivity index is 1.65. The molecule has 4 heterocycles. The first kappa shape index (κ1) is 19.7. The fraction of sp³-hybridized carbons (Fsp3) is 0.120. The number of nitrogens with zero attached hydrogens (tertiary/aromatic N) is 5. The lowest BCUT2D eigenvalue weighted by Gasteiger charge is -2.11. The molecule has 0 N–H and O–H groups in total. The van der Waals surface area contributed by atoms with E-state index < -0.39 is 0 Å². The molecule has 0 unspecified atom stereocenters. The number of rotatable bonds is 4. The summed E-state index contributed by atoms with van der Waals surface area (Å²) in [6.07, 6.45) is 1.63. The number of furan rings is 1. The van der Waals surface area contributed by atoms with Gasteiger partial charge in [-0.05, 0) is 48.9 Å². The van der Waals surface area contributed by atoms with Crippen molar-refractivity contribution in [3.05, 3.63) is 99.5 Å². The summed E-state index contributed by atoms with van der Waals surface area (Å²) in [6, 6.07) is 18.8. The molecular formula is C25H18ClN5O2. The van der Waals surface area contributed by atoms with E-state index in [4.69, 9.17) is 31.0 Å². The van der Waals surface area contributed by atoms with Crippen LogP contribution >= 0.6 is 11.6 Å². The van der Waals surface area contributed by atoms with Gasteiger partial charge in [-0.2, -0.15) is 0 Å². The Labute approximate surface area is 192 Å². The Bertz CT molecular complexity index is 1700. The molecular weight excluding hydrogens is 438 g/mol. The van der Waals surface area contributed by atoms with Gasteiger partial charge >= 0.3 is 0 Å². The van der Waals surface area contributed by atoms with Crippen molar-refractivity contribution >= 4 is 44.8 Å². The molecule has 0 radical (unpaired) electrons. The highest BCUT2D eigenvalue weighted by Crippen LogP contribution is 2.26. The average Bonchev–Trinajstić information content (AvgIpc) is 3.43. The molecule has 0 saturated heterocycles. The summed E-state index contributed by atoms with van der Waals surface area (Å²) in [5, 5.41) is 1.11. The van der Waals surface area contributed by atoms with Gasteiger partial charge in [0.25, 0.3) is 5.56 Å². The van der Waals surface area contributed by atoms with Gasteiger partial charge in [-0.1, -0.05) is 35.9 Å². The van der Waals surface area contributed by atoms with E-state index in [2.05, 4.69) is 0 Å². The number of fused-ring (bicyclic) bond motifs is 4. The van der Waals surface area contributed by atoms with E-state index in [0.29, 0.717) is 46.1 Å². The minimum absolute atomic E-state index is 0.153. The molecule has 7 nitrogen and oxygen atoms in total. The first-order valence-corrected chi connectivity index (χ1v) is 10.9. The highest BCUT2D eigenvalue weighted by Gasteiger charge is 2.22. The fourth-order valence-corrected chi connectivity index (χ4v) is 4.29. The zero-order valence-electron chi connectivity index (χ0n) is 17.7. The summed E-state index contributed by atoms with van der Waals surface area (Å²) < 4.78 is 9.15. The van der Waals surface area contributed by atoms with Crippen molar-refractivity contribution in [2.75, 3.05) is 0 Å². The summed E-state index contributed by atoms with van der Waals surface area (Å²) in [5.74, 6) is 1.35. The van der Waals surface area contributed by atoms with Gasteiger partial charge in [-0.15, -0.1) is 0 Å². The van der Waals surface area contributed by atoms with E-state index in [1.807, 2.05) is 72.2 Å². The Kier molecular flexibility index (Phi) is 4.52. The lowest BCUT2D eigenvalue weighted by atomic mass is 10.2. The molecule has 2 aromatic carbocycles. The molecule has 0 bridgehead atoms. The molecule has 4 aromatic heterocycles. The van der Waals surface area contributed by atoms with Crippen LogP contribution in [-0.4, -0.2) is 24.1 Å². The quantitative estimate of drug-likeness (QED) is 0.376. The van der Waals surface area contributed by atoms with Gasteiger partial charge in [-0.3, -0.25) is 9.36 Å². The van der Waals surface area contributed by atoms with E-state index in [-0.39, 0.29) is 5.56 Å². The van der Waals surface area contributed by atoms with Crippen molar-refractivity contribution in [2.24, 2.45) is 0 Å². The number of hydrogen-bond donors (Lipinski definition) is 0. The zero-order chi connectivity index (χ0) is 22.5. The standard InChI is InChI=1S/C25H18ClN5O2/c1-15-27-23-21(25(32)30(15)13-16-8-10-17(26)11-9-16)22-24(31(23)14-18-5-4-12-33-18)29-20-7-3-2-6-19(20)28-22/h2-12H,13-14H2,1H3. The third-order valence-electron chi connectivity index (χ3n) is 5.79. The van der Waals surface area contributed by atoms with Crippen LogP contribution in [0.15, 0.2) is 76.1 Å². The number of halogens is 1. The van der Waals surface area contributed by atoms with Crippen LogP contribution in [0.1, 0.15) is 17.1 Å². The van der Waals surface area contributed by atoms with Gasteiger partial charge in [0, 0.05) is 5.02 Å². The van der Waals surface area contributed by atoms with Crippen LogP contribution in [0.25, 0.3) is 33.2 Å². The first-order chi connectivity index (χ1) is 16.1. The second-order valence-corrected chi connectivity index (χ2v) is 8.36. The van der Waals surface area contributed by atoms with Crippen molar-refractivity contribution in [2.45, 2.75) is 20.0 Å². The number of benzene rings is 2. The molecule has 6 rings (SSSR count). The molecule has 0 saturated carbocycles. The molecule has 0 spiro atoms. The van der Waals surface area contributed by atoms with Crippen molar-refractivity contribution < 1.29 is 4.42 Å². The lowest BCUT2D eigenvalue weighted by molar-refractivity contribution is 0.498. The molecule has 0 aliphatic rings. The summed E-state index contributed by atoms with van der Waals surface area (Å²) in [6.45, 7) is 2.62. The number of hydrogen-bond acceptors (Lipinski definition) is 5. The van der Waals surface area contributed by atoms with Crippen molar-refractivity contribution in [1.29, 1.82) is 0 Å². The normalized spacial score (nSPS) is 11.7. The van der Waals surface area contributed by atoms with Crippen molar-refractivity contribution in [3.8, 4) is 0 Å². The van der Waals surface area contributed by atoms with E-state index in [1.165, 1.54) is 0 Å². The van der Waals surface area contributed by atoms with Crippen LogP contribution in [0.2, 0.25) is 5.02 Å². The third kappa shape index (κ3) is 3.29. The molecule has 33 heavy (non-hydrogen) atoms. The van der Waals surface area contributed by atoms with Crippen LogP contribution in [0.5, 0.6) is 0 Å². The fourth-order valence-electron chi connectivity index (χ4n) is 4.16. The van der Waals surface area contributed by atoms with Gasteiger partial charge < -0.3 is 8.98 Å². The van der Waals surface area contributed by atoms with Gasteiger partial charge in [-0.25, -0.2) is 15.0 Å². The monoisotopic (exact) mass is 455 g/mol. The predicted molar refractivity (Wildman–Crippen MR) is 128 cm³/mol. The van der Waals surface area contributed by atoms with Gasteiger partial charge in [0.05, 0.1) is 30.4 Å². The number of aromatic nitrogens is 5. The van der Waals surface area contributed by atoms with Crippen molar-refractivity contribution in [3.63, 3.8) is 0 Å². The smallest absolute Gasteiger partial charge is 0.265 e. The van der Waals surface area contributed by atoms with Gasteiger partial charge in [0.15, 0.2) is 11.3 Å². The SMILES string of the molecule is Cc1nc2c(c(=O)n1Cc1ccc(Cl)cc1)c1nc3ccccc3nc1n2Cc1ccco1. The van der Waals surface area contributed by atoms with Crippen LogP contribution in [0, 0.1) is 6.92 Å². The summed E-state index contributed by atoms with van der Waals surface area (Å²) >= 11 is 6.02. The van der Waals surface area contributed by atoms with Crippen LogP contribution in [0.3, 0.4) is 0 Å². The maximum atomic E-state index is 13.8. The van der Waals surface area contributed by atoms with Gasteiger partial charge in [0.2, 0.25) is 0 Å². The molecule has 0 aliphatic heterocycles. The van der Waals surface area contributed by atoms with Crippen LogP contribution in [-0.2, 0) is 13.1 Å². The van der Waals surface area contributed by atoms with Crippen LogP contribution in [0.4, 0.5) is 0 Å². The van der Waals surface area contributed by atoms with Crippen molar-refractivity contribution in [1.82, 2.24) is 24.1 Å². The Morgan fingerprint density at radius 2 is 1.61 bits per heavy atom. The van der Waals surface area contributed by atoms with E-state index in [0.717, 1.165) is 22.4 Å². The summed E-state index contributed by atoms with van der Waals surface area (Å²) in [5.41, 5.74) is 3.98. The topological polar surface area (TPSA) is 78.7 Å². The lowest BCUT2D eigenvalue weighted by Crippen LogP contribution is -2.24. The van der Waals surface area contributed by atoms with E-state index in [1.54, 1.807) is 10.8 Å². The van der Waals surface area contributed by atoms with E-state index in [9.17, 15) is 4.79 Å². The maximum Gasteiger partial charge on any atom is 0.265 e. The average molecular weight is 456 g/mol. The molecule has 0 fully saturated rings. The van der Waals surface area contributed by atoms with Gasteiger partial charge in [0.1, 0.15) is 22.5 Å². The first-order valence-electron chi connectivity index (χ1n) is 10.5. The highest BCUT2D eigenvalue weighted by molar-refractivity contribution is 6.30. The molecule has 0 atom stereocenters. The Hall–Kier alpha value is -3.97. The maximum absolute atomic E-state index is 13.8. The minimum atomic E-state index is -0.153.